The van der Waals surface area contributed by atoms with E-state index >= 15 is 0 Å². The Morgan fingerprint density at radius 1 is 0.600 bits per heavy atom. The quantitative estimate of drug-likeness (QED) is 0.0861. The van der Waals surface area contributed by atoms with E-state index in [1.54, 1.807) is 14.2 Å². The molecule has 266 valence electrons. The zero-order valence-corrected chi connectivity index (χ0v) is 38.1. The van der Waals surface area contributed by atoms with Gasteiger partial charge in [0.25, 0.3) is 0 Å². The second kappa shape index (κ2) is 21.6. The predicted octanol–water partition coefficient (Wildman–Crippen LogP) is 13.0. The van der Waals surface area contributed by atoms with Crippen molar-refractivity contribution in [1.29, 1.82) is 0 Å². The van der Waals surface area contributed by atoms with Crippen LogP contribution in [0.25, 0.3) is 43.8 Å². The fourth-order valence-electron chi connectivity index (χ4n) is 5.50. The normalized spacial score (nSPS) is 12.2. The van der Waals surface area contributed by atoms with Gasteiger partial charge in [0.05, 0.1) is 0 Å². The summed E-state index contributed by atoms with van der Waals surface area (Å²) < 4.78 is 10.5. The minimum absolute atomic E-state index is 0.157. The van der Waals surface area contributed by atoms with Gasteiger partial charge >= 0.3 is 49.5 Å². The number of methoxy groups -OCH3 is 2. The Morgan fingerprint density at radius 2 is 0.920 bits per heavy atom. The van der Waals surface area contributed by atoms with Crippen LogP contribution in [0.2, 0.25) is 13.1 Å². The maximum atomic E-state index is 5.25. The first kappa shape index (κ1) is 43.4. The van der Waals surface area contributed by atoms with E-state index in [0.29, 0.717) is 0 Å². The third kappa shape index (κ3) is 13.8. The number of fused-ring (bicyclic) bond motifs is 2. The Labute approximate surface area is 326 Å². The van der Waals surface area contributed by atoms with Gasteiger partial charge in [0.2, 0.25) is 11.9 Å². The Kier molecular flexibility index (Phi) is 18.8. The standard InChI is InChI=1S/2C19H20OS.C2H6Si.4ClH.Zr/c2*1-14-11-16-5-4-6-18(19(16)12-14)15-7-9-17(10-8-15)21(3)13-20-2;1-3-2;;;;;/h2*4-12H,13H2,1-3H3;1-2H3;4*1H;/q;;;;;;;+4/p-4. The van der Waals surface area contributed by atoms with Crippen LogP contribution < -0.4 is 0 Å². The van der Waals surface area contributed by atoms with Gasteiger partial charge in [-0.2, -0.15) is 12.1 Å². The summed E-state index contributed by atoms with van der Waals surface area (Å²) in [4.78, 5) is 2.71. The first-order valence-electron chi connectivity index (χ1n) is 15.9. The zero-order chi connectivity index (χ0) is 36.8. The number of hydrogen-bond acceptors (Lipinski definition) is 2. The Balaban J connectivity index is 0.000000223. The molecule has 0 aliphatic carbocycles. The van der Waals surface area contributed by atoms with Crippen molar-refractivity contribution in [3.63, 3.8) is 0 Å². The zero-order valence-electron chi connectivity index (χ0n) is 30.0. The second-order valence-corrected chi connectivity index (χ2v) is 39.1. The van der Waals surface area contributed by atoms with E-state index in [1.807, 2.05) is 0 Å². The molecule has 2 radical (unpaired) electrons. The molecule has 0 spiro atoms. The summed E-state index contributed by atoms with van der Waals surface area (Å²) in [7, 11) is 25.1. The van der Waals surface area contributed by atoms with Gasteiger partial charge in [-0.1, -0.05) is 74.5 Å². The van der Waals surface area contributed by atoms with Gasteiger partial charge in [-0.15, -0.1) is 69.1 Å². The van der Waals surface area contributed by atoms with Crippen molar-refractivity contribution in [2.24, 2.45) is 0 Å². The molecule has 6 aromatic carbocycles. The van der Waals surface area contributed by atoms with E-state index in [0.717, 1.165) is 21.4 Å². The molecule has 2 atom stereocenters. The van der Waals surface area contributed by atoms with Crippen molar-refractivity contribution in [2.75, 3.05) is 38.6 Å². The van der Waals surface area contributed by atoms with Gasteiger partial charge in [-0.3, -0.25) is 0 Å². The molecular formula is C40H46Cl4O2S2SiZr. The molecule has 0 aliphatic rings. The number of halogens is 4. The molecule has 2 unspecified atom stereocenters. The van der Waals surface area contributed by atoms with Gasteiger partial charge < -0.3 is 9.47 Å². The topological polar surface area (TPSA) is 18.5 Å². The van der Waals surface area contributed by atoms with Crippen molar-refractivity contribution < 1.29 is 25.0 Å². The molecule has 0 N–H and O–H groups in total. The number of aryl methyl sites for hydroxylation is 2. The van der Waals surface area contributed by atoms with Crippen LogP contribution in [0, 0.1) is 13.8 Å². The molecule has 0 aliphatic heterocycles. The van der Waals surface area contributed by atoms with Crippen LogP contribution in [0.3, 0.4) is 0 Å². The molecule has 0 saturated carbocycles. The summed E-state index contributed by atoms with van der Waals surface area (Å²) >= 11 is -3.29. The van der Waals surface area contributed by atoms with E-state index in [9.17, 15) is 0 Å². The molecule has 0 heterocycles. The van der Waals surface area contributed by atoms with Crippen LogP contribution in [0.4, 0.5) is 0 Å². The fraction of sp³-hybridized carbons (Fsp3) is 0.250. The maximum absolute atomic E-state index is 5.25. The minimum atomic E-state index is -3.29. The molecule has 0 fully saturated rings. The predicted molar refractivity (Wildman–Crippen MR) is 227 cm³/mol. The van der Waals surface area contributed by atoms with Crippen molar-refractivity contribution in [2.45, 2.75) is 36.7 Å². The second-order valence-electron chi connectivity index (χ2n) is 11.7. The molecule has 10 heteroatoms. The van der Waals surface area contributed by atoms with Crippen molar-refractivity contribution in [1.82, 2.24) is 0 Å². The molecule has 0 saturated heterocycles. The summed E-state index contributed by atoms with van der Waals surface area (Å²) in [5.41, 5.74) is 7.84. The summed E-state index contributed by atoms with van der Waals surface area (Å²) in [5.74, 6) is 1.58. The monoisotopic (exact) mass is 880 g/mol. The Hall–Kier alpha value is -1.02. The third-order valence-electron chi connectivity index (χ3n) is 7.51. The molecule has 0 aromatic heterocycles. The molecule has 2 nitrogen and oxygen atoms in total. The fourth-order valence-corrected chi connectivity index (χ4v) is 7.68. The molecule has 0 amide bonds. The molecule has 0 bridgehead atoms. The summed E-state index contributed by atoms with van der Waals surface area (Å²) in [5, 5.41) is 5.33. The van der Waals surface area contributed by atoms with Crippen LogP contribution in [0.1, 0.15) is 11.1 Å². The van der Waals surface area contributed by atoms with E-state index in [4.69, 9.17) is 43.5 Å². The van der Waals surface area contributed by atoms with Crippen LogP contribution in [0.15, 0.2) is 119 Å². The van der Waals surface area contributed by atoms with Gasteiger partial charge in [0.1, 0.15) is 12.5 Å². The van der Waals surface area contributed by atoms with Gasteiger partial charge in [0, 0.05) is 45.5 Å². The molecular weight excluding hydrogens is 838 g/mol. The van der Waals surface area contributed by atoms with Crippen LogP contribution in [0.5, 0.6) is 0 Å². The van der Waals surface area contributed by atoms with Crippen molar-refractivity contribution in [3.8, 4) is 22.3 Å². The Bertz CT molecular complexity index is 1750. The Morgan fingerprint density at radius 3 is 1.22 bits per heavy atom. The SMILES string of the molecule is COC[S+](C)c1ccc(-c2cccc3[cH-]c(C)cc23)cc1.COC[S+](C)c1ccc(-c2cccc3[cH-]c(C)cc23)cc1.C[Si]C.[Cl][Zr]([Cl])([Cl])[Cl]. The molecule has 6 rings (SSSR count). The van der Waals surface area contributed by atoms with E-state index < -0.39 is 15.5 Å². The van der Waals surface area contributed by atoms with Crippen LogP contribution in [-0.2, 0) is 46.8 Å². The third-order valence-corrected chi connectivity index (χ3v) is 10.8. The van der Waals surface area contributed by atoms with E-state index in [2.05, 4.69) is 149 Å². The summed E-state index contributed by atoms with van der Waals surface area (Å²) in [6, 6.07) is 39.9. The van der Waals surface area contributed by atoms with E-state index in [1.165, 1.54) is 64.7 Å². The number of hydrogen-bond donors (Lipinski definition) is 0. The summed E-state index contributed by atoms with van der Waals surface area (Å²) in [6.07, 6.45) is 4.44. The number of ether oxygens (including phenoxy) is 2. The summed E-state index contributed by atoms with van der Waals surface area (Å²) in [6.45, 7) is 8.61. The van der Waals surface area contributed by atoms with Crippen LogP contribution >= 0.6 is 34.1 Å². The van der Waals surface area contributed by atoms with Gasteiger partial charge in [-0.05, 0) is 35.4 Å². The molecule has 50 heavy (non-hydrogen) atoms. The first-order valence-corrected chi connectivity index (χ1v) is 34.2. The first-order chi connectivity index (χ1) is 23.8. The molecule has 6 aromatic rings. The van der Waals surface area contributed by atoms with Gasteiger partial charge in [-0.25, -0.2) is 0 Å². The average Bonchev–Trinajstić information content (AvgIpc) is 3.65. The van der Waals surface area contributed by atoms with Crippen molar-refractivity contribution in [3.05, 3.63) is 120 Å². The number of benzene rings is 4. The van der Waals surface area contributed by atoms with Crippen molar-refractivity contribution >= 4 is 86.9 Å². The van der Waals surface area contributed by atoms with Gasteiger partial charge in [0.15, 0.2) is 9.79 Å². The van der Waals surface area contributed by atoms with Crippen LogP contribution in [-0.4, -0.2) is 48.1 Å². The number of rotatable bonds is 8. The van der Waals surface area contributed by atoms with E-state index in [-0.39, 0.29) is 21.8 Å². The average molecular weight is 884 g/mol.